The van der Waals surface area contributed by atoms with E-state index in [-0.39, 0.29) is 55.7 Å². The molecule has 0 fully saturated rings. The van der Waals surface area contributed by atoms with E-state index in [0.29, 0.717) is 52.7 Å². The largest absolute Gasteiger partial charge is 0.500 e. The summed E-state index contributed by atoms with van der Waals surface area (Å²) in [4.78, 5) is 43.7. The van der Waals surface area contributed by atoms with Crippen LogP contribution in [0.5, 0.6) is 0 Å². The molecule has 6 N–H and O–H groups in total. The number of amides is 4. The van der Waals surface area contributed by atoms with Gasteiger partial charge in [-0.1, -0.05) is 55.4 Å². The van der Waals surface area contributed by atoms with Crippen molar-refractivity contribution in [3.05, 3.63) is 0 Å². The van der Waals surface area contributed by atoms with Crippen molar-refractivity contribution < 1.29 is 45.7 Å². The number of primary amides is 2. The molecule has 0 aliphatic heterocycles. The van der Waals surface area contributed by atoms with Crippen LogP contribution in [0.25, 0.3) is 0 Å². The number of hydrogen-bond acceptors (Lipinski definition) is 10. The van der Waals surface area contributed by atoms with Crippen LogP contribution >= 0.6 is 0 Å². The van der Waals surface area contributed by atoms with Crippen LogP contribution in [0.3, 0.4) is 0 Å². The lowest BCUT2D eigenvalue weighted by molar-refractivity contribution is -0.125. The molecule has 0 aromatic heterocycles. The second-order valence-electron chi connectivity index (χ2n) is 12.8. The molecule has 2 radical (unpaired) electrons. The van der Waals surface area contributed by atoms with Crippen LogP contribution in [-0.4, -0.2) is 102 Å². The van der Waals surface area contributed by atoms with Gasteiger partial charge in [-0.3, -0.25) is 19.2 Å². The van der Waals surface area contributed by atoms with E-state index < -0.39 is 17.6 Å². The molecule has 0 spiro atoms. The molecular formula is C38H85BN4O10Si2. The van der Waals surface area contributed by atoms with E-state index in [0.717, 1.165) is 50.6 Å². The van der Waals surface area contributed by atoms with Crippen LogP contribution < -0.4 is 22.1 Å². The first-order valence-corrected chi connectivity index (χ1v) is 24.3. The van der Waals surface area contributed by atoms with Gasteiger partial charge in [0.15, 0.2) is 0 Å². The molecule has 4 amide bonds. The minimum atomic E-state index is -2.55. The molecule has 55 heavy (non-hydrogen) atoms. The number of carbonyl (C=O) groups excluding carboxylic acids is 4. The summed E-state index contributed by atoms with van der Waals surface area (Å²) in [5.74, 6) is 0.0448. The van der Waals surface area contributed by atoms with E-state index in [1.54, 1.807) is 0 Å². The Morgan fingerprint density at radius 3 is 0.818 bits per heavy atom. The summed E-state index contributed by atoms with van der Waals surface area (Å²) in [5.41, 5.74) is 9.82. The predicted molar refractivity (Wildman–Crippen MR) is 229 cm³/mol. The second-order valence-corrected chi connectivity index (χ2v) is 18.3. The van der Waals surface area contributed by atoms with Gasteiger partial charge in [-0.25, -0.2) is 0 Å². The fourth-order valence-corrected chi connectivity index (χ4v) is 9.38. The summed E-state index contributed by atoms with van der Waals surface area (Å²) in [5, 5.41) is 5.90. The van der Waals surface area contributed by atoms with Crippen molar-refractivity contribution in [1.29, 1.82) is 0 Å². The van der Waals surface area contributed by atoms with Gasteiger partial charge in [-0.05, 0) is 80.1 Å². The molecule has 0 saturated carbocycles. The first-order valence-electron chi connectivity index (χ1n) is 20.4. The van der Waals surface area contributed by atoms with E-state index >= 15 is 0 Å². The number of carbonyl (C=O) groups is 4. The summed E-state index contributed by atoms with van der Waals surface area (Å²) in [6, 6.07) is 1.48. The molecule has 0 saturated heterocycles. The Morgan fingerprint density at radius 2 is 0.673 bits per heavy atom. The molecule has 14 nitrogen and oxygen atoms in total. The number of nitrogens with one attached hydrogen (secondary N) is 2. The average molecular weight is 825 g/mol. The Kier molecular flexibility index (Phi) is 45.7. The van der Waals surface area contributed by atoms with E-state index in [9.17, 15) is 19.2 Å². The van der Waals surface area contributed by atoms with Gasteiger partial charge in [0.25, 0.3) is 0 Å². The monoisotopic (exact) mass is 825 g/mol. The van der Waals surface area contributed by atoms with Gasteiger partial charge in [-0.2, -0.15) is 0 Å². The first-order chi connectivity index (χ1) is 25.5. The smallest absolute Gasteiger partial charge is 0.374 e. The Bertz CT molecular complexity index is 838. The predicted octanol–water partition coefficient (Wildman–Crippen LogP) is 5.56. The van der Waals surface area contributed by atoms with Crippen molar-refractivity contribution in [2.24, 2.45) is 35.1 Å². The lowest BCUT2D eigenvalue weighted by Crippen LogP contribution is -2.46. The van der Waals surface area contributed by atoms with Gasteiger partial charge in [-0.15, -0.1) is 0 Å². The van der Waals surface area contributed by atoms with Gasteiger partial charge in [0, 0.05) is 96.9 Å². The maximum absolute atomic E-state index is 11.7. The Labute approximate surface area is 340 Å². The highest BCUT2D eigenvalue weighted by Gasteiger charge is 2.40. The van der Waals surface area contributed by atoms with Crippen molar-refractivity contribution in [3.8, 4) is 0 Å². The standard InChI is InChI=1S/2C14H31NO4Si.2C5H11NO.BH/c2*1-6-13(5)14(16)15-11-10-12-20(17-7-2,18-8-3)19-9-4;2*1-3-4(2)5(6)7;/h2*13H,6-12H2,1-5H3,(H,15,16);2*4H,3H2,1-2H3,(H2,6,7);1H. The third-order valence-corrected chi connectivity index (χ3v) is 14.7. The van der Waals surface area contributed by atoms with E-state index in [4.69, 9.17) is 38.0 Å². The third-order valence-electron chi connectivity index (χ3n) is 8.42. The third kappa shape index (κ3) is 33.9. The van der Waals surface area contributed by atoms with Crippen LogP contribution in [0.1, 0.15) is 135 Å². The zero-order valence-corrected chi connectivity index (χ0v) is 39.6. The minimum Gasteiger partial charge on any atom is -0.374 e. The highest BCUT2D eigenvalue weighted by atomic mass is 28.4. The summed E-state index contributed by atoms with van der Waals surface area (Å²) >= 11 is 0. The SMILES string of the molecule is CCC(C)C(N)=O.CCC(C)C(N)=O.CCO[Si](CCCNC(=O)C(C)CC)(OCC)OCC.CCO[Si](CCCNC(=O)C(C)CC)(OCC)OCC.[BH]. The number of nitrogens with two attached hydrogens (primary N) is 2. The van der Waals surface area contributed by atoms with Crippen LogP contribution in [0.4, 0.5) is 0 Å². The van der Waals surface area contributed by atoms with E-state index in [1.807, 2.05) is 96.9 Å². The zero-order chi connectivity index (χ0) is 42.6. The lowest BCUT2D eigenvalue weighted by atomic mass is 10.1. The topological polar surface area (TPSA) is 200 Å². The van der Waals surface area contributed by atoms with Gasteiger partial charge in [0.2, 0.25) is 23.6 Å². The first kappa shape index (κ1) is 62.3. The van der Waals surface area contributed by atoms with Crippen molar-refractivity contribution in [2.75, 3.05) is 52.7 Å². The van der Waals surface area contributed by atoms with Crippen LogP contribution in [0, 0.1) is 23.7 Å². The summed E-state index contributed by atoms with van der Waals surface area (Å²) < 4.78 is 34.6. The van der Waals surface area contributed by atoms with Gasteiger partial charge < -0.3 is 48.7 Å². The summed E-state index contributed by atoms with van der Waals surface area (Å²) in [6.07, 6.45) is 5.04. The summed E-state index contributed by atoms with van der Waals surface area (Å²) in [7, 11) is -5.11. The van der Waals surface area contributed by atoms with Crippen molar-refractivity contribution >= 4 is 49.7 Å². The Morgan fingerprint density at radius 1 is 0.455 bits per heavy atom. The zero-order valence-electron chi connectivity index (χ0n) is 37.6. The fourth-order valence-electron chi connectivity index (χ4n) is 4.16. The Hall–Kier alpha value is -1.86. The highest BCUT2D eigenvalue weighted by molar-refractivity contribution is 6.61. The molecule has 0 aliphatic rings. The molecule has 0 heterocycles. The van der Waals surface area contributed by atoms with Crippen LogP contribution in [0.2, 0.25) is 12.1 Å². The molecule has 0 aromatic rings. The van der Waals surface area contributed by atoms with Crippen molar-refractivity contribution in [1.82, 2.24) is 10.6 Å². The van der Waals surface area contributed by atoms with Gasteiger partial charge in [0.05, 0.1) is 0 Å². The quantitative estimate of drug-likeness (QED) is 0.0572. The molecule has 17 heteroatoms. The van der Waals surface area contributed by atoms with Crippen LogP contribution in [-0.2, 0) is 45.7 Å². The van der Waals surface area contributed by atoms with Gasteiger partial charge in [0.1, 0.15) is 0 Å². The molecule has 0 aromatic carbocycles. The number of rotatable bonds is 28. The molecule has 328 valence electrons. The van der Waals surface area contributed by atoms with Crippen LogP contribution in [0.15, 0.2) is 0 Å². The molecule has 0 aliphatic carbocycles. The number of hydrogen-bond donors (Lipinski definition) is 4. The molecule has 4 unspecified atom stereocenters. The molecule has 4 atom stereocenters. The fraction of sp³-hybridized carbons (Fsp3) is 0.895. The summed E-state index contributed by atoms with van der Waals surface area (Å²) in [6.45, 7) is 31.9. The van der Waals surface area contributed by atoms with Crippen molar-refractivity contribution in [3.63, 3.8) is 0 Å². The highest BCUT2D eigenvalue weighted by Crippen LogP contribution is 2.19. The molecular weight excluding hydrogens is 739 g/mol. The maximum Gasteiger partial charge on any atom is 0.500 e. The minimum absolute atomic E-state index is 0. The molecule has 0 rings (SSSR count). The maximum atomic E-state index is 11.7. The van der Waals surface area contributed by atoms with Gasteiger partial charge >= 0.3 is 17.6 Å². The second kappa shape index (κ2) is 40.3. The van der Waals surface area contributed by atoms with Crippen molar-refractivity contribution in [2.45, 2.75) is 148 Å². The van der Waals surface area contributed by atoms with E-state index in [1.165, 1.54) is 0 Å². The Balaban J connectivity index is -0.000000223. The normalized spacial score (nSPS) is 13.1. The average Bonchev–Trinajstić information content (AvgIpc) is 3.14. The molecule has 0 bridgehead atoms. The lowest BCUT2D eigenvalue weighted by Gasteiger charge is -2.28. The van der Waals surface area contributed by atoms with E-state index in [2.05, 4.69) is 10.6 Å².